The topological polar surface area (TPSA) is 41.0 Å². The number of imidazole rings is 1. The number of unbranched alkanes of at least 4 members (excludes halogenated alkanes) is 1. The fraction of sp³-hybridized carbons (Fsp3) is 0.462. The molecular weight excluding hydrogens is 252 g/mol. The molecule has 0 aliphatic rings. The van der Waals surface area contributed by atoms with Gasteiger partial charge in [-0.1, -0.05) is 0 Å². The average molecular weight is 269 g/mol. The standard InChI is InChI=1S/C13H17F2N3O/c1-17(2)7-3-4-8-18-12-10(16-13(18)19)6-5-9(14)11(12)15/h5-6H,3-4,7-8H2,1-2H3,(H,16,19). The van der Waals surface area contributed by atoms with Gasteiger partial charge in [-0.3, -0.25) is 4.57 Å². The van der Waals surface area contributed by atoms with Crippen molar-refractivity contribution in [2.24, 2.45) is 0 Å². The molecule has 0 atom stereocenters. The van der Waals surface area contributed by atoms with Gasteiger partial charge in [-0.05, 0) is 45.6 Å². The van der Waals surface area contributed by atoms with Gasteiger partial charge in [0.1, 0.15) is 5.52 Å². The van der Waals surface area contributed by atoms with E-state index in [0.29, 0.717) is 12.1 Å². The van der Waals surface area contributed by atoms with E-state index in [0.717, 1.165) is 25.5 Å². The predicted octanol–water partition coefficient (Wildman–Crippen LogP) is 1.95. The van der Waals surface area contributed by atoms with Gasteiger partial charge in [0.25, 0.3) is 0 Å². The first-order valence-electron chi connectivity index (χ1n) is 6.22. The molecule has 1 N–H and O–H groups in total. The smallest absolute Gasteiger partial charge is 0.309 e. The van der Waals surface area contributed by atoms with E-state index in [4.69, 9.17) is 0 Å². The highest BCUT2D eigenvalue weighted by Gasteiger charge is 2.14. The SMILES string of the molecule is CN(C)CCCCn1c(=O)[nH]c2ccc(F)c(F)c21. The molecule has 19 heavy (non-hydrogen) atoms. The first-order chi connectivity index (χ1) is 9.00. The Morgan fingerprint density at radius 2 is 2.00 bits per heavy atom. The van der Waals surface area contributed by atoms with Crippen molar-refractivity contribution in [3.8, 4) is 0 Å². The van der Waals surface area contributed by atoms with Crippen LogP contribution >= 0.6 is 0 Å². The van der Waals surface area contributed by atoms with E-state index < -0.39 is 17.3 Å². The zero-order valence-corrected chi connectivity index (χ0v) is 11.0. The molecule has 1 heterocycles. The molecule has 1 aromatic carbocycles. The second-order valence-corrected chi connectivity index (χ2v) is 4.85. The summed E-state index contributed by atoms with van der Waals surface area (Å²) in [5.41, 5.74) is -0.0456. The molecular formula is C13H17F2N3O. The average Bonchev–Trinajstić information content (AvgIpc) is 2.66. The van der Waals surface area contributed by atoms with Gasteiger partial charge in [0.05, 0.1) is 5.52 Å². The van der Waals surface area contributed by atoms with Gasteiger partial charge in [0.15, 0.2) is 11.6 Å². The van der Waals surface area contributed by atoms with Crippen LogP contribution in [-0.2, 0) is 6.54 Å². The largest absolute Gasteiger partial charge is 0.326 e. The van der Waals surface area contributed by atoms with Crippen LogP contribution in [0.4, 0.5) is 8.78 Å². The van der Waals surface area contributed by atoms with E-state index in [2.05, 4.69) is 4.98 Å². The van der Waals surface area contributed by atoms with Crippen LogP contribution in [0, 0.1) is 11.6 Å². The number of halogens is 2. The van der Waals surface area contributed by atoms with Gasteiger partial charge >= 0.3 is 5.69 Å². The summed E-state index contributed by atoms with van der Waals surface area (Å²) in [4.78, 5) is 16.3. The lowest BCUT2D eigenvalue weighted by Crippen LogP contribution is -2.19. The molecule has 6 heteroatoms. The number of benzene rings is 1. The molecule has 0 radical (unpaired) electrons. The zero-order valence-electron chi connectivity index (χ0n) is 11.0. The van der Waals surface area contributed by atoms with Crippen LogP contribution in [-0.4, -0.2) is 35.1 Å². The van der Waals surface area contributed by atoms with Crippen LogP contribution in [0.2, 0.25) is 0 Å². The minimum atomic E-state index is -0.969. The van der Waals surface area contributed by atoms with Crippen LogP contribution in [0.15, 0.2) is 16.9 Å². The molecule has 0 bridgehead atoms. The summed E-state index contributed by atoms with van der Waals surface area (Å²) in [6, 6.07) is 2.40. The first kappa shape index (κ1) is 13.7. The van der Waals surface area contributed by atoms with Gasteiger partial charge in [0.2, 0.25) is 0 Å². The minimum absolute atomic E-state index is 0.0230. The molecule has 0 amide bonds. The van der Waals surface area contributed by atoms with Gasteiger partial charge < -0.3 is 9.88 Å². The minimum Gasteiger partial charge on any atom is -0.309 e. The van der Waals surface area contributed by atoms with Crippen LogP contribution in [0.25, 0.3) is 11.0 Å². The quantitative estimate of drug-likeness (QED) is 0.843. The lowest BCUT2D eigenvalue weighted by atomic mass is 10.2. The summed E-state index contributed by atoms with van der Waals surface area (Å²) < 4.78 is 28.2. The van der Waals surface area contributed by atoms with Crippen LogP contribution < -0.4 is 5.69 Å². The van der Waals surface area contributed by atoms with Gasteiger partial charge in [-0.15, -0.1) is 0 Å². The van der Waals surface area contributed by atoms with Crippen molar-refractivity contribution in [2.75, 3.05) is 20.6 Å². The van der Waals surface area contributed by atoms with Gasteiger partial charge in [-0.2, -0.15) is 0 Å². The maximum Gasteiger partial charge on any atom is 0.326 e. The Bertz CT molecular complexity index is 631. The van der Waals surface area contributed by atoms with Crippen LogP contribution in [0.5, 0.6) is 0 Å². The molecule has 0 aliphatic carbocycles. The van der Waals surface area contributed by atoms with Crippen molar-refractivity contribution in [1.82, 2.24) is 14.5 Å². The van der Waals surface area contributed by atoms with Gasteiger partial charge in [0, 0.05) is 6.54 Å². The van der Waals surface area contributed by atoms with Gasteiger partial charge in [-0.25, -0.2) is 13.6 Å². The van der Waals surface area contributed by atoms with E-state index in [1.54, 1.807) is 0 Å². The molecule has 0 saturated carbocycles. The normalized spacial score (nSPS) is 11.6. The molecule has 1 aromatic heterocycles. The molecule has 0 fully saturated rings. The number of nitrogens with zero attached hydrogens (tertiary/aromatic N) is 2. The highest BCUT2D eigenvalue weighted by Crippen LogP contribution is 2.18. The zero-order chi connectivity index (χ0) is 14.0. The van der Waals surface area contributed by atoms with Crippen LogP contribution in [0.1, 0.15) is 12.8 Å². The maximum atomic E-state index is 13.7. The van der Waals surface area contributed by atoms with Crippen LogP contribution in [0.3, 0.4) is 0 Å². The van der Waals surface area contributed by atoms with Crippen molar-refractivity contribution in [1.29, 1.82) is 0 Å². The van der Waals surface area contributed by atoms with Crippen molar-refractivity contribution < 1.29 is 8.78 Å². The summed E-state index contributed by atoms with van der Waals surface area (Å²) in [6.45, 7) is 1.28. The van der Waals surface area contributed by atoms with Crippen molar-refractivity contribution >= 4 is 11.0 Å². The monoisotopic (exact) mass is 269 g/mol. The van der Waals surface area contributed by atoms with E-state index >= 15 is 0 Å². The molecule has 0 unspecified atom stereocenters. The van der Waals surface area contributed by atoms with Crippen molar-refractivity contribution in [2.45, 2.75) is 19.4 Å². The number of H-pyrrole nitrogens is 1. The summed E-state index contributed by atoms with van der Waals surface area (Å²) in [5.74, 6) is -1.91. The summed E-state index contributed by atoms with van der Waals surface area (Å²) in [7, 11) is 3.93. The Morgan fingerprint density at radius 1 is 1.26 bits per heavy atom. The first-order valence-corrected chi connectivity index (χ1v) is 6.22. The second kappa shape index (κ2) is 5.52. The Morgan fingerprint density at radius 3 is 2.68 bits per heavy atom. The van der Waals surface area contributed by atoms with Crippen molar-refractivity contribution in [3.05, 3.63) is 34.3 Å². The Labute approximate surface area is 109 Å². The lowest BCUT2D eigenvalue weighted by Gasteiger charge is -2.09. The number of aromatic nitrogens is 2. The Balaban J connectivity index is 2.25. The number of aromatic amines is 1. The van der Waals surface area contributed by atoms with E-state index in [9.17, 15) is 13.6 Å². The highest BCUT2D eigenvalue weighted by molar-refractivity contribution is 5.75. The third kappa shape index (κ3) is 2.84. The van der Waals surface area contributed by atoms with E-state index in [-0.39, 0.29) is 5.52 Å². The Kier molecular flexibility index (Phi) is 3.99. The Hall–Kier alpha value is -1.69. The lowest BCUT2D eigenvalue weighted by molar-refractivity contribution is 0.387. The molecule has 0 aliphatic heterocycles. The molecule has 0 saturated heterocycles. The summed E-state index contributed by atoms with van der Waals surface area (Å²) in [6.07, 6.45) is 1.63. The maximum absolute atomic E-state index is 13.7. The molecule has 2 rings (SSSR count). The number of aryl methyl sites for hydroxylation is 1. The highest BCUT2D eigenvalue weighted by atomic mass is 19.2. The van der Waals surface area contributed by atoms with E-state index in [1.807, 2.05) is 19.0 Å². The second-order valence-electron chi connectivity index (χ2n) is 4.85. The molecule has 4 nitrogen and oxygen atoms in total. The number of nitrogens with one attached hydrogen (secondary N) is 1. The predicted molar refractivity (Wildman–Crippen MR) is 70.3 cm³/mol. The third-order valence-corrected chi connectivity index (χ3v) is 3.06. The summed E-state index contributed by atoms with van der Waals surface area (Å²) in [5, 5.41) is 0. The molecule has 2 aromatic rings. The summed E-state index contributed by atoms with van der Waals surface area (Å²) >= 11 is 0. The fourth-order valence-corrected chi connectivity index (χ4v) is 2.10. The number of rotatable bonds is 5. The molecule has 0 spiro atoms. The third-order valence-electron chi connectivity index (χ3n) is 3.06. The number of fused-ring (bicyclic) bond motifs is 1. The fourth-order valence-electron chi connectivity index (χ4n) is 2.10. The number of hydrogen-bond donors (Lipinski definition) is 1. The molecule has 104 valence electrons. The number of hydrogen-bond acceptors (Lipinski definition) is 2. The van der Waals surface area contributed by atoms with E-state index in [1.165, 1.54) is 10.6 Å². The van der Waals surface area contributed by atoms with Crippen molar-refractivity contribution in [3.63, 3.8) is 0 Å².